The maximum Gasteiger partial charge on any atom is 0.270 e. The Morgan fingerprint density at radius 3 is 2.73 bits per heavy atom. The SMILES string of the molecule is C[C@@H](C(=O)Nc1cc(C(=O)NCc2ccc3c(c2)NC(=O)CO3)ncn1)c1ccc(-c2nn[nH]n2)cc1. The third-order valence-corrected chi connectivity index (χ3v) is 5.69. The van der Waals surface area contributed by atoms with Crippen LogP contribution in [0.3, 0.4) is 0 Å². The Morgan fingerprint density at radius 2 is 1.95 bits per heavy atom. The Hall–Kier alpha value is -5.20. The lowest BCUT2D eigenvalue weighted by Gasteiger charge is -2.18. The summed E-state index contributed by atoms with van der Waals surface area (Å²) in [7, 11) is 0. The number of ether oxygens (including phenoxy) is 1. The molecule has 0 saturated heterocycles. The first-order valence-electron chi connectivity index (χ1n) is 11.3. The molecule has 0 spiro atoms. The summed E-state index contributed by atoms with van der Waals surface area (Å²) in [6.45, 7) is 1.94. The molecule has 1 aliphatic heterocycles. The van der Waals surface area contributed by atoms with E-state index in [1.54, 1.807) is 37.3 Å². The number of carbonyl (C=O) groups excluding carboxylic acids is 3. The number of anilines is 2. The summed E-state index contributed by atoms with van der Waals surface area (Å²) in [5.74, 6) is -0.226. The van der Waals surface area contributed by atoms with E-state index in [1.165, 1.54) is 12.4 Å². The summed E-state index contributed by atoms with van der Waals surface area (Å²) in [5, 5.41) is 22.0. The smallest absolute Gasteiger partial charge is 0.270 e. The minimum Gasteiger partial charge on any atom is -0.482 e. The molecule has 5 rings (SSSR count). The minimum atomic E-state index is -0.486. The fraction of sp³-hybridized carbons (Fsp3) is 0.167. The molecule has 0 unspecified atom stereocenters. The van der Waals surface area contributed by atoms with Gasteiger partial charge in [-0.3, -0.25) is 14.4 Å². The van der Waals surface area contributed by atoms with Gasteiger partial charge in [0, 0.05) is 18.2 Å². The Labute approximate surface area is 210 Å². The third kappa shape index (κ3) is 5.40. The molecule has 0 aliphatic carbocycles. The monoisotopic (exact) mass is 499 g/mol. The molecule has 0 saturated carbocycles. The van der Waals surface area contributed by atoms with Crippen molar-refractivity contribution < 1.29 is 19.1 Å². The van der Waals surface area contributed by atoms with Crippen LogP contribution in [0.2, 0.25) is 0 Å². The molecular weight excluding hydrogens is 478 g/mol. The van der Waals surface area contributed by atoms with Gasteiger partial charge in [0.05, 0.1) is 11.6 Å². The summed E-state index contributed by atoms with van der Waals surface area (Å²) in [4.78, 5) is 45.0. The van der Waals surface area contributed by atoms with Crippen LogP contribution in [0.4, 0.5) is 11.5 Å². The molecule has 37 heavy (non-hydrogen) atoms. The number of hydrogen-bond donors (Lipinski definition) is 4. The Balaban J connectivity index is 1.19. The van der Waals surface area contributed by atoms with Crippen molar-refractivity contribution in [3.05, 3.63) is 71.7 Å². The number of benzene rings is 2. The van der Waals surface area contributed by atoms with Crippen molar-refractivity contribution in [3.8, 4) is 17.1 Å². The van der Waals surface area contributed by atoms with Crippen LogP contribution in [0.15, 0.2) is 54.9 Å². The Morgan fingerprint density at radius 1 is 1.11 bits per heavy atom. The molecule has 0 radical (unpaired) electrons. The lowest BCUT2D eigenvalue weighted by Crippen LogP contribution is -2.26. The van der Waals surface area contributed by atoms with E-state index < -0.39 is 11.8 Å². The van der Waals surface area contributed by atoms with Gasteiger partial charge < -0.3 is 20.7 Å². The lowest BCUT2D eigenvalue weighted by atomic mass is 9.99. The molecule has 2 aromatic heterocycles. The maximum atomic E-state index is 12.8. The average Bonchev–Trinajstić information content (AvgIpc) is 3.46. The molecule has 13 nitrogen and oxygen atoms in total. The first-order valence-corrected chi connectivity index (χ1v) is 11.3. The molecule has 13 heteroatoms. The number of nitrogens with one attached hydrogen (secondary N) is 4. The predicted octanol–water partition coefficient (Wildman–Crippen LogP) is 1.66. The summed E-state index contributed by atoms with van der Waals surface area (Å²) in [6, 6.07) is 13.9. The van der Waals surface area contributed by atoms with Crippen LogP contribution in [0, 0.1) is 0 Å². The normalized spacial score (nSPS) is 13.1. The predicted molar refractivity (Wildman–Crippen MR) is 130 cm³/mol. The minimum absolute atomic E-state index is 0.0256. The molecule has 0 fully saturated rings. The summed E-state index contributed by atoms with van der Waals surface area (Å²) < 4.78 is 5.34. The molecular formula is C24H21N9O4. The van der Waals surface area contributed by atoms with Crippen molar-refractivity contribution in [1.29, 1.82) is 0 Å². The van der Waals surface area contributed by atoms with Gasteiger partial charge in [-0.2, -0.15) is 5.21 Å². The van der Waals surface area contributed by atoms with Gasteiger partial charge in [-0.1, -0.05) is 30.3 Å². The number of fused-ring (bicyclic) bond motifs is 1. The second kappa shape index (κ2) is 10.2. The van der Waals surface area contributed by atoms with Crippen molar-refractivity contribution >= 4 is 29.2 Å². The lowest BCUT2D eigenvalue weighted by molar-refractivity contribution is -0.119. The molecule has 1 atom stereocenters. The number of carbonyl (C=O) groups is 3. The third-order valence-electron chi connectivity index (χ3n) is 5.69. The number of rotatable bonds is 7. The van der Waals surface area contributed by atoms with Crippen molar-refractivity contribution in [2.75, 3.05) is 17.2 Å². The second-order valence-corrected chi connectivity index (χ2v) is 8.21. The standard InChI is InChI=1S/C24H21N9O4/c1-13(15-3-5-16(6-4-15)22-30-32-33-31-22)23(35)29-20-9-18(26-12-27-20)24(36)25-10-14-2-7-19-17(8-14)28-21(34)11-37-19/h2-9,12-13H,10-11H2,1H3,(H,25,36)(H,28,34)(H,26,27,29,35)(H,30,31,32,33)/t13-/m1/s1. The van der Waals surface area contributed by atoms with Crippen LogP contribution in [0.25, 0.3) is 11.4 Å². The van der Waals surface area contributed by atoms with E-state index in [4.69, 9.17) is 4.74 Å². The highest BCUT2D eigenvalue weighted by Gasteiger charge is 2.19. The quantitative estimate of drug-likeness (QED) is 0.294. The van der Waals surface area contributed by atoms with Crippen LogP contribution in [0.5, 0.6) is 5.75 Å². The zero-order valence-electron chi connectivity index (χ0n) is 19.6. The van der Waals surface area contributed by atoms with E-state index in [2.05, 4.69) is 46.5 Å². The van der Waals surface area contributed by atoms with E-state index >= 15 is 0 Å². The molecule has 3 amide bonds. The van der Waals surface area contributed by atoms with Gasteiger partial charge in [0.1, 0.15) is 23.6 Å². The highest BCUT2D eigenvalue weighted by molar-refractivity contribution is 5.97. The van der Waals surface area contributed by atoms with Crippen LogP contribution < -0.4 is 20.7 Å². The maximum absolute atomic E-state index is 12.8. The number of nitrogens with zero attached hydrogens (tertiary/aromatic N) is 5. The second-order valence-electron chi connectivity index (χ2n) is 8.21. The fourth-order valence-electron chi connectivity index (χ4n) is 3.65. The first-order chi connectivity index (χ1) is 18.0. The molecule has 4 aromatic rings. The summed E-state index contributed by atoms with van der Waals surface area (Å²) in [6.07, 6.45) is 1.21. The molecule has 2 aromatic carbocycles. The molecule has 186 valence electrons. The van der Waals surface area contributed by atoms with E-state index in [-0.39, 0.29) is 36.5 Å². The summed E-state index contributed by atoms with van der Waals surface area (Å²) >= 11 is 0. The number of aromatic amines is 1. The van der Waals surface area contributed by atoms with E-state index in [9.17, 15) is 14.4 Å². The average molecular weight is 499 g/mol. The highest BCUT2D eigenvalue weighted by Crippen LogP contribution is 2.28. The molecule has 0 bridgehead atoms. The van der Waals surface area contributed by atoms with Gasteiger partial charge >= 0.3 is 0 Å². The zero-order valence-corrected chi connectivity index (χ0v) is 19.6. The van der Waals surface area contributed by atoms with Gasteiger partial charge in [0.2, 0.25) is 11.7 Å². The van der Waals surface area contributed by atoms with Gasteiger partial charge in [0.25, 0.3) is 11.8 Å². The number of H-pyrrole nitrogens is 1. The van der Waals surface area contributed by atoms with Gasteiger partial charge in [-0.25, -0.2) is 9.97 Å². The van der Waals surface area contributed by atoms with E-state index in [0.29, 0.717) is 17.3 Å². The van der Waals surface area contributed by atoms with Crippen molar-refractivity contribution in [2.45, 2.75) is 19.4 Å². The summed E-state index contributed by atoms with van der Waals surface area (Å²) in [5.41, 5.74) is 2.96. The largest absolute Gasteiger partial charge is 0.482 e. The Kier molecular flexibility index (Phi) is 6.48. The van der Waals surface area contributed by atoms with E-state index in [1.807, 2.05) is 12.1 Å². The first kappa shape index (κ1) is 23.5. The Bertz CT molecular complexity index is 1460. The van der Waals surface area contributed by atoms with Crippen molar-refractivity contribution in [2.24, 2.45) is 0 Å². The van der Waals surface area contributed by atoms with Crippen LogP contribution >= 0.6 is 0 Å². The molecule has 1 aliphatic rings. The van der Waals surface area contributed by atoms with Crippen molar-refractivity contribution in [1.82, 2.24) is 35.9 Å². The number of amides is 3. The zero-order chi connectivity index (χ0) is 25.8. The fourth-order valence-corrected chi connectivity index (χ4v) is 3.65. The van der Waals surface area contributed by atoms with E-state index in [0.717, 1.165) is 16.7 Å². The number of tetrazole rings is 1. The van der Waals surface area contributed by atoms with Crippen LogP contribution in [-0.2, 0) is 16.1 Å². The van der Waals surface area contributed by atoms with Crippen molar-refractivity contribution in [3.63, 3.8) is 0 Å². The van der Waals surface area contributed by atoms with Gasteiger partial charge in [0.15, 0.2) is 6.61 Å². The molecule has 3 heterocycles. The number of hydrogen-bond acceptors (Lipinski definition) is 9. The van der Waals surface area contributed by atoms with Crippen LogP contribution in [0.1, 0.15) is 34.5 Å². The number of aromatic nitrogens is 6. The van der Waals surface area contributed by atoms with Gasteiger partial charge in [-0.05, 0) is 35.4 Å². The highest BCUT2D eigenvalue weighted by atomic mass is 16.5. The molecule has 4 N–H and O–H groups in total. The topological polar surface area (TPSA) is 177 Å². The van der Waals surface area contributed by atoms with Crippen LogP contribution in [-0.4, -0.2) is 54.9 Å². The van der Waals surface area contributed by atoms with Gasteiger partial charge in [-0.15, -0.1) is 10.2 Å².